The molecule has 7 heteroatoms. The number of halogens is 2. The summed E-state index contributed by atoms with van der Waals surface area (Å²) in [5.41, 5.74) is 6.47. The monoisotopic (exact) mass is 308 g/mol. The highest BCUT2D eigenvalue weighted by Crippen LogP contribution is 2.22. The summed E-state index contributed by atoms with van der Waals surface area (Å²) in [4.78, 5) is 15.3. The van der Waals surface area contributed by atoms with Crippen molar-refractivity contribution >= 4 is 41.1 Å². The summed E-state index contributed by atoms with van der Waals surface area (Å²) in [5, 5.41) is 5.32. The van der Waals surface area contributed by atoms with E-state index < -0.39 is 6.03 Å². The number of benzene rings is 1. The van der Waals surface area contributed by atoms with Crippen molar-refractivity contribution in [1.82, 2.24) is 4.98 Å². The number of rotatable bonds is 3. The van der Waals surface area contributed by atoms with Crippen LogP contribution in [-0.2, 0) is 0 Å². The Morgan fingerprint density at radius 3 is 2.35 bits per heavy atom. The second-order valence-corrected chi connectivity index (χ2v) is 4.55. The number of anilines is 1. The van der Waals surface area contributed by atoms with E-state index in [0.717, 1.165) is 10.6 Å². The molecule has 0 saturated heterocycles. The van der Waals surface area contributed by atoms with Crippen LogP contribution in [0.4, 0.5) is 10.5 Å². The summed E-state index contributed by atoms with van der Waals surface area (Å²) in [6.07, 6.45) is 1.51. The number of nitrogens with two attached hydrogens (primary N) is 1. The Kier molecular flexibility index (Phi) is 4.55. The number of primary amides is 1. The van der Waals surface area contributed by atoms with Crippen molar-refractivity contribution in [3.05, 3.63) is 58.3 Å². The van der Waals surface area contributed by atoms with Crippen LogP contribution in [0.5, 0.6) is 0 Å². The zero-order valence-corrected chi connectivity index (χ0v) is 11.7. The molecule has 1 aromatic carbocycles. The summed E-state index contributed by atoms with van der Waals surface area (Å²) in [6.45, 7) is 0. The molecular weight excluding hydrogens is 299 g/mol. The van der Waals surface area contributed by atoms with Gasteiger partial charge in [-0.3, -0.25) is 0 Å². The molecule has 0 aliphatic carbocycles. The van der Waals surface area contributed by atoms with E-state index in [-0.39, 0.29) is 10.3 Å². The van der Waals surface area contributed by atoms with Crippen molar-refractivity contribution in [2.24, 2.45) is 10.8 Å². The van der Waals surface area contributed by atoms with Crippen molar-refractivity contribution in [1.29, 1.82) is 0 Å². The quantitative estimate of drug-likeness (QED) is 0.537. The van der Waals surface area contributed by atoms with Crippen LogP contribution in [0, 0.1) is 0 Å². The average Bonchev–Trinajstić information content (AvgIpc) is 2.38. The van der Waals surface area contributed by atoms with Gasteiger partial charge in [-0.2, -0.15) is 10.1 Å². The molecule has 20 heavy (non-hydrogen) atoms. The molecule has 2 amide bonds. The number of aromatic nitrogens is 1. The molecule has 0 unspecified atom stereocenters. The first-order valence-electron chi connectivity index (χ1n) is 5.58. The van der Waals surface area contributed by atoms with Crippen molar-refractivity contribution in [3.63, 3.8) is 0 Å². The van der Waals surface area contributed by atoms with Crippen LogP contribution in [0.3, 0.4) is 0 Å². The maximum absolute atomic E-state index is 11.5. The zero-order valence-electron chi connectivity index (χ0n) is 10.2. The lowest BCUT2D eigenvalue weighted by molar-refractivity contribution is 0.254. The molecule has 2 aromatic rings. The summed E-state index contributed by atoms with van der Waals surface area (Å²) in [6, 6.07) is 11.4. The number of hydrogen-bond acceptors (Lipinski definition) is 3. The molecule has 0 fully saturated rings. The van der Waals surface area contributed by atoms with E-state index in [1.165, 1.54) is 18.3 Å². The molecule has 102 valence electrons. The van der Waals surface area contributed by atoms with Crippen molar-refractivity contribution in [3.8, 4) is 0 Å². The van der Waals surface area contributed by atoms with Crippen LogP contribution >= 0.6 is 23.2 Å². The third-order valence-electron chi connectivity index (χ3n) is 2.32. The molecule has 1 aromatic heterocycles. The van der Waals surface area contributed by atoms with Crippen LogP contribution in [0.2, 0.25) is 10.3 Å². The number of carbonyl (C=O) groups is 1. The molecule has 2 rings (SSSR count). The van der Waals surface area contributed by atoms with Gasteiger partial charge >= 0.3 is 6.03 Å². The highest BCUT2D eigenvalue weighted by molar-refractivity contribution is 6.33. The van der Waals surface area contributed by atoms with E-state index in [0.29, 0.717) is 5.69 Å². The first-order chi connectivity index (χ1) is 9.56. The minimum absolute atomic E-state index is 0.147. The highest BCUT2D eigenvalue weighted by atomic mass is 35.5. The third-order valence-corrected chi connectivity index (χ3v) is 2.71. The van der Waals surface area contributed by atoms with Gasteiger partial charge in [-0.05, 0) is 5.56 Å². The van der Waals surface area contributed by atoms with Gasteiger partial charge in [0.2, 0.25) is 0 Å². The lowest BCUT2D eigenvalue weighted by atomic mass is 10.2. The maximum Gasteiger partial charge on any atom is 0.340 e. The standard InChI is InChI=1S/C13H10Cl2N4O/c14-11-6-10(7-12(15)18-11)19(13(16)20)17-8-9-4-2-1-3-5-9/h1-8H,(H2,16,20)/b17-8-. The fourth-order valence-corrected chi connectivity index (χ4v) is 1.94. The normalized spacial score (nSPS) is 10.7. The summed E-state index contributed by atoms with van der Waals surface area (Å²) in [5.74, 6) is 0. The smallest absolute Gasteiger partial charge is 0.340 e. The Labute approximate surface area is 125 Å². The van der Waals surface area contributed by atoms with Crippen LogP contribution in [-0.4, -0.2) is 17.2 Å². The Morgan fingerprint density at radius 2 is 1.80 bits per heavy atom. The SMILES string of the molecule is NC(=O)N(/N=C\c1ccccc1)c1cc(Cl)nc(Cl)c1. The number of hydrogen-bond donors (Lipinski definition) is 1. The van der Waals surface area contributed by atoms with E-state index >= 15 is 0 Å². The lowest BCUT2D eigenvalue weighted by Crippen LogP contribution is -2.31. The predicted molar refractivity (Wildman–Crippen MR) is 80.4 cm³/mol. The largest absolute Gasteiger partial charge is 0.350 e. The van der Waals surface area contributed by atoms with Gasteiger partial charge in [0.15, 0.2) is 0 Å². The van der Waals surface area contributed by atoms with Gasteiger partial charge < -0.3 is 5.73 Å². The number of hydrazone groups is 1. The Bertz CT molecular complexity index is 626. The Morgan fingerprint density at radius 1 is 1.20 bits per heavy atom. The molecule has 0 bridgehead atoms. The van der Waals surface area contributed by atoms with Crippen LogP contribution in [0.15, 0.2) is 47.6 Å². The second-order valence-electron chi connectivity index (χ2n) is 3.78. The van der Waals surface area contributed by atoms with Gasteiger partial charge in [-0.1, -0.05) is 53.5 Å². The topological polar surface area (TPSA) is 71.6 Å². The molecule has 0 aliphatic rings. The van der Waals surface area contributed by atoms with Gasteiger partial charge in [0.25, 0.3) is 0 Å². The van der Waals surface area contributed by atoms with Crippen molar-refractivity contribution < 1.29 is 4.79 Å². The van der Waals surface area contributed by atoms with Gasteiger partial charge in [0.05, 0.1) is 11.9 Å². The lowest BCUT2D eigenvalue weighted by Gasteiger charge is -2.14. The zero-order chi connectivity index (χ0) is 14.5. The predicted octanol–water partition coefficient (Wildman–Crippen LogP) is 3.31. The van der Waals surface area contributed by atoms with E-state index in [9.17, 15) is 4.79 Å². The molecule has 0 spiro atoms. The van der Waals surface area contributed by atoms with Gasteiger partial charge in [0.1, 0.15) is 10.3 Å². The summed E-state index contributed by atoms with van der Waals surface area (Å²) < 4.78 is 0. The van der Waals surface area contributed by atoms with E-state index in [1.807, 2.05) is 30.3 Å². The molecule has 0 saturated carbocycles. The van der Waals surface area contributed by atoms with E-state index in [2.05, 4.69) is 10.1 Å². The first-order valence-corrected chi connectivity index (χ1v) is 6.33. The number of pyridine rings is 1. The van der Waals surface area contributed by atoms with Crippen molar-refractivity contribution in [2.45, 2.75) is 0 Å². The van der Waals surface area contributed by atoms with Crippen molar-refractivity contribution in [2.75, 3.05) is 5.01 Å². The number of nitrogens with zero attached hydrogens (tertiary/aromatic N) is 3. The number of amides is 2. The fraction of sp³-hybridized carbons (Fsp3) is 0. The highest BCUT2D eigenvalue weighted by Gasteiger charge is 2.13. The van der Waals surface area contributed by atoms with Gasteiger partial charge in [-0.25, -0.2) is 9.78 Å². The molecule has 2 N–H and O–H groups in total. The van der Waals surface area contributed by atoms with Crippen LogP contribution < -0.4 is 10.7 Å². The fourth-order valence-electron chi connectivity index (χ4n) is 1.49. The number of urea groups is 1. The average molecular weight is 309 g/mol. The minimum Gasteiger partial charge on any atom is -0.350 e. The molecule has 5 nitrogen and oxygen atoms in total. The Balaban J connectivity index is 2.32. The van der Waals surface area contributed by atoms with Gasteiger partial charge in [0, 0.05) is 12.1 Å². The van der Waals surface area contributed by atoms with E-state index in [4.69, 9.17) is 28.9 Å². The Hall–Kier alpha value is -2.11. The van der Waals surface area contributed by atoms with E-state index in [1.54, 1.807) is 0 Å². The third kappa shape index (κ3) is 3.69. The van der Waals surface area contributed by atoms with Crippen LogP contribution in [0.25, 0.3) is 0 Å². The molecule has 0 radical (unpaired) electrons. The molecule has 1 heterocycles. The summed E-state index contributed by atoms with van der Waals surface area (Å²) in [7, 11) is 0. The van der Waals surface area contributed by atoms with Crippen LogP contribution in [0.1, 0.15) is 5.56 Å². The summed E-state index contributed by atoms with van der Waals surface area (Å²) >= 11 is 11.6. The molecular formula is C13H10Cl2N4O. The number of carbonyl (C=O) groups excluding carboxylic acids is 1. The van der Waals surface area contributed by atoms with Gasteiger partial charge in [-0.15, -0.1) is 0 Å². The first kappa shape index (κ1) is 14.3. The molecule has 0 aliphatic heterocycles. The minimum atomic E-state index is -0.754. The maximum atomic E-state index is 11.5. The molecule has 0 atom stereocenters. The second kappa shape index (κ2) is 6.36.